The lowest BCUT2D eigenvalue weighted by Gasteiger charge is -2.19. The van der Waals surface area contributed by atoms with E-state index in [0.29, 0.717) is 6.54 Å². The number of hydrogen-bond donors (Lipinski definition) is 2. The van der Waals surface area contributed by atoms with Gasteiger partial charge in [-0.3, -0.25) is 10.4 Å². The summed E-state index contributed by atoms with van der Waals surface area (Å²) in [6.07, 6.45) is 5.47. The molecule has 0 amide bonds. The number of benzene rings is 1. The molecule has 1 aromatic carbocycles. The summed E-state index contributed by atoms with van der Waals surface area (Å²) < 4.78 is 15.1. The molecule has 0 aliphatic carbocycles. The first kappa shape index (κ1) is 14.5. The molecule has 0 spiro atoms. The Bertz CT molecular complexity index is 744. The Morgan fingerprint density at radius 3 is 2.68 bits per heavy atom. The Kier molecular flexibility index (Phi) is 4.02. The maximum atomic E-state index is 13.2. The minimum absolute atomic E-state index is 0.116. The summed E-state index contributed by atoms with van der Waals surface area (Å²) in [7, 11) is 1.95. The average molecular weight is 299 g/mol. The minimum Gasteiger partial charge on any atom is -0.336 e. The lowest BCUT2D eigenvalue weighted by atomic mass is 10.1. The van der Waals surface area contributed by atoms with Crippen LogP contribution in [0.3, 0.4) is 0 Å². The number of hydrogen-bond acceptors (Lipinski definition) is 3. The molecule has 5 nitrogen and oxygen atoms in total. The van der Waals surface area contributed by atoms with E-state index in [1.165, 1.54) is 12.1 Å². The maximum absolute atomic E-state index is 13.2. The summed E-state index contributed by atoms with van der Waals surface area (Å²) >= 11 is 0. The van der Waals surface area contributed by atoms with Crippen LogP contribution in [-0.2, 0) is 13.6 Å². The maximum Gasteiger partial charge on any atom is 0.130 e. The first-order chi connectivity index (χ1) is 10.6. The number of rotatable bonds is 5. The molecular weight excluding hydrogens is 281 g/mol. The van der Waals surface area contributed by atoms with Gasteiger partial charge in [0.1, 0.15) is 11.6 Å². The zero-order valence-electron chi connectivity index (χ0n) is 12.5. The van der Waals surface area contributed by atoms with Gasteiger partial charge in [-0.05, 0) is 24.6 Å². The number of nitrogens with zero attached hydrogens (tertiary/aromatic N) is 3. The Labute approximate surface area is 128 Å². The predicted octanol–water partition coefficient (Wildman–Crippen LogP) is 2.47. The number of aryl methyl sites for hydroxylation is 2. The van der Waals surface area contributed by atoms with Crippen LogP contribution in [0.5, 0.6) is 0 Å². The van der Waals surface area contributed by atoms with E-state index in [1.54, 1.807) is 18.3 Å². The number of aromatic nitrogens is 4. The Balaban J connectivity index is 1.88. The van der Waals surface area contributed by atoms with Crippen molar-refractivity contribution in [3.63, 3.8) is 0 Å². The molecule has 2 N–H and O–H groups in total. The van der Waals surface area contributed by atoms with Crippen LogP contribution in [0.1, 0.15) is 28.7 Å². The summed E-state index contributed by atoms with van der Waals surface area (Å²) in [5.41, 5.74) is 3.10. The zero-order valence-corrected chi connectivity index (χ0v) is 12.5. The lowest BCUT2D eigenvalue weighted by molar-refractivity contribution is 0.555. The third kappa shape index (κ3) is 2.92. The Morgan fingerprint density at radius 1 is 1.32 bits per heavy atom. The van der Waals surface area contributed by atoms with Crippen LogP contribution in [-0.4, -0.2) is 19.7 Å². The van der Waals surface area contributed by atoms with E-state index in [9.17, 15) is 4.39 Å². The van der Waals surface area contributed by atoms with Crippen molar-refractivity contribution in [1.29, 1.82) is 0 Å². The summed E-state index contributed by atoms with van der Waals surface area (Å²) in [6.45, 7) is 2.63. The Hall–Kier alpha value is -2.47. The quantitative estimate of drug-likeness (QED) is 0.761. The van der Waals surface area contributed by atoms with Crippen LogP contribution in [0, 0.1) is 12.7 Å². The highest BCUT2D eigenvalue weighted by atomic mass is 19.1. The highest BCUT2D eigenvalue weighted by molar-refractivity contribution is 5.26. The number of imidazole rings is 1. The summed E-state index contributed by atoms with van der Waals surface area (Å²) in [4.78, 5) is 4.42. The van der Waals surface area contributed by atoms with Crippen molar-refractivity contribution in [1.82, 2.24) is 25.1 Å². The second-order valence-electron chi connectivity index (χ2n) is 5.28. The predicted molar refractivity (Wildman–Crippen MR) is 81.6 cm³/mol. The van der Waals surface area contributed by atoms with E-state index in [0.717, 1.165) is 22.6 Å². The normalized spacial score (nSPS) is 12.5. The summed E-state index contributed by atoms with van der Waals surface area (Å²) in [5, 5.41) is 10.4. The van der Waals surface area contributed by atoms with Gasteiger partial charge in [-0.15, -0.1) is 0 Å². The lowest BCUT2D eigenvalue weighted by Crippen LogP contribution is -2.25. The van der Waals surface area contributed by atoms with Crippen molar-refractivity contribution >= 4 is 0 Å². The highest BCUT2D eigenvalue weighted by Gasteiger charge is 2.18. The fraction of sp³-hybridized carbons (Fsp3) is 0.250. The van der Waals surface area contributed by atoms with E-state index >= 15 is 0 Å². The van der Waals surface area contributed by atoms with Gasteiger partial charge in [0, 0.05) is 37.2 Å². The number of H-pyrrole nitrogens is 1. The van der Waals surface area contributed by atoms with Crippen LogP contribution in [0.4, 0.5) is 4.39 Å². The summed E-state index contributed by atoms with van der Waals surface area (Å²) in [5.74, 6) is 0.640. The van der Waals surface area contributed by atoms with Crippen LogP contribution in [0.2, 0.25) is 0 Å². The van der Waals surface area contributed by atoms with Gasteiger partial charge in [-0.1, -0.05) is 12.1 Å². The SMILES string of the molecule is Cc1[nH]ncc1CNC(c1ccc(F)cc1)c1nccn1C. The molecule has 114 valence electrons. The second kappa shape index (κ2) is 6.11. The standard InChI is InChI=1S/C16H18FN5/c1-11-13(10-20-21-11)9-19-15(16-18-7-8-22(16)2)12-3-5-14(17)6-4-12/h3-8,10,15,19H,9H2,1-2H3,(H,20,21). The molecule has 6 heteroatoms. The third-order valence-electron chi connectivity index (χ3n) is 3.75. The van der Waals surface area contributed by atoms with E-state index in [2.05, 4.69) is 20.5 Å². The highest BCUT2D eigenvalue weighted by Crippen LogP contribution is 2.21. The molecule has 0 aliphatic rings. The van der Waals surface area contributed by atoms with Gasteiger partial charge in [0.15, 0.2) is 0 Å². The molecule has 0 saturated heterocycles. The van der Waals surface area contributed by atoms with Gasteiger partial charge in [0.05, 0.1) is 12.2 Å². The molecule has 0 fully saturated rings. The number of halogens is 1. The van der Waals surface area contributed by atoms with Gasteiger partial charge in [0.2, 0.25) is 0 Å². The van der Waals surface area contributed by atoms with Crippen molar-refractivity contribution in [2.24, 2.45) is 7.05 Å². The molecule has 22 heavy (non-hydrogen) atoms. The van der Waals surface area contributed by atoms with Crippen molar-refractivity contribution in [2.45, 2.75) is 19.5 Å². The molecule has 2 aromatic heterocycles. The van der Waals surface area contributed by atoms with E-state index in [-0.39, 0.29) is 11.9 Å². The van der Waals surface area contributed by atoms with Gasteiger partial charge >= 0.3 is 0 Å². The van der Waals surface area contributed by atoms with Crippen LogP contribution in [0.25, 0.3) is 0 Å². The average Bonchev–Trinajstić information content (AvgIpc) is 3.11. The van der Waals surface area contributed by atoms with Gasteiger partial charge < -0.3 is 4.57 Å². The van der Waals surface area contributed by atoms with Crippen LogP contribution < -0.4 is 5.32 Å². The smallest absolute Gasteiger partial charge is 0.130 e. The fourth-order valence-corrected chi connectivity index (χ4v) is 2.43. The van der Waals surface area contributed by atoms with E-state index in [1.807, 2.05) is 30.9 Å². The molecule has 0 radical (unpaired) electrons. The number of aromatic amines is 1. The van der Waals surface area contributed by atoms with Gasteiger partial charge in [-0.2, -0.15) is 5.10 Å². The largest absolute Gasteiger partial charge is 0.336 e. The molecule has 3 aromatic rings. The van der Waals surface area contributed by atoms with Crippen molar-refractivity contribution < 1.29 is 4.39 Å². The molecule has 0 aliphatic heterocycles. The summed E-state index contributed by atoms with van der Waals surface area (Å²) in [6, 6.07) is 6.38. The minimum atomic E-state index is -0.243. The molecule has 1 unspecified atom stereocenters. The van der Waals surface area contributed by atoms with E-state index < -0.39 is 0 Å². The zero-order chi connectivity index (χ0) is 15.5. The first-order valence-electron chi connectivity index (χ1n) is 7.10. The topological polar surface area (TPSA) is 58.5 Å². The van der Waals surface area contributed by atoms with Crippen LogP contribution >= 0.6 is 0 Å². The van der Waals surface area contributed by atoms with Crippen molar-refractivity contribution in [2.75, 3.05) is 0 Å². The van der Waals surface area contributed by atoms with Crippen molar-refractivity contribution in [3.8, 4) is 0 Å². The first-order valence-corrected chi connectivity index (χ1v) is 7.10. The van der Waals surface area contributed by atoms with Gasteiger partial charge in [-0.25, -0.2) is 9.37 Å². The molecule has 2 heterocycles. The molecule has 3 rings (SSSR count). The van der Waals surface area contributed by atoms with Crippen LogP contribution in [0.15, 0.2) is 42.9 Å². The van der Waals surface area contributed by atoms with Crippen molar-refractivity contribution in [3.05, 3.63) is 71.3 Å². The molecular formula is C16H18FN5. The number of nitrogens with one attached hydrogen (secondary N) is 2. The molecule has 0 bridgehead atoms. The second-order valence-corrected chi connectivity index (χ2v) is 5.28. The molecule has 0 saturated carbocycles. The van der Waals surface area contributed by atoms with E-state index in [4.69, 9.17) is 0 Å². The monoisotopic (exact) mass is 299 g/mol. The third-order valence-corrected chi connectivity index (χ3v) is 3.75. The Morgan fingerprint density at radius 2 is 2.09 bits per heavy atom. The fourth-order valence-electron chi connectivity index (χ4n) is 2.43. The molecule has 1 atom stereocenters. The van der Waals surface area contributed by atoms with Gasteiger partial charge in [0.25, 0.3) is 0 Å².